The van der Waals surface area contributed by atoms with Crippen molar-refractivity contribution < 1.29 is 8.42 Å². The Balaban J connectivity index is 1.55. The molecule has 3 aromatic rings. The van der Waals surface area contributed by atoms with Crippen molar-refractivity contribution in [2.24, 2.45) is 4.99 Å². The molecule has 0 aliphatic rings. The zero-order valence-corrected chi connectivity index (χ0v) is 19.0. The Hall–Kier alpha value is -2.91. The van der Waals surface area contributed by atoms with Gasteiger partial charge in [-0.1, -0.05) is 24.3 Å². The maximum atomic E-state index is 11.8. The van der Waals surface area contributed by atoms with Crippen LogP contribution in [-0.4, -0.2) is 44.1 Å². The number of para-hydroxylation sites is 2. The van der Waals surface area contributed by atoms with E-state index in [-0.39, 0.29) is 4.90 Å². The largest absolute Gasteiger partial charge is 0.357 e. The van der Waals surface area contributed by atoms with Crippen LogP contribution in [0.4, 0.5) is 0 Å². The Morgan fingerprint density at radius 2 is 1.84 bits per heavy atom. The number of fused-ring (bicyclic) bond motifs is 1. The van der Waals surface area contributed by atoms with Crippen molar-refractivity contribution in [3.63, 3.8) is 0 Å². The van der Waals surface area contributed by atoms with E-state index in [2.05, 4.69) is 36.0 Å². The number of aromatic nitrogens is 2. The smallest absolute Gasteiger partial charge is 0.240 e. The number of aryl methyl sites for hydroxylation is 2. The van der Waals surface area contributed by atoms with E-state index in [0.29, 0.717) is 6.54 Å². The van der Waals surface area contributed by atoms with Gasteiger partial charge in [-0.3, -0.25) is 0 Å². The summed E-state index contributed by atoms with van der Waals surface area (Å²) in [5.74, 6) is 1.76. The van der Waals surface area contributed by atoms with Crippen molar-refractivity contribution >= 4 is 27.0 Å². The first-order valence-electron chi connectivity index (χ1n) is 10.4. The minimum atomic E-state index is -3.42. The Morgan fingerprint density at radius 3 is 2.55 bits per heavy atom. The monoisotopic (exact) mass is 442 g/mol. The average Bonchev–Trinajstić information content (AvgIpc) is 3.10. The molecule has 1 aromatic heterocycles. The van der Waals surface area contributed by atoms with Gasteiger partial charge in [0.25, 0.3) is 0 Å². The number of guanidine groups is 1. The number of aliphatic imine (C=N–C) groups is 1. The summed E-state index contributed by atoms with van der Waals surface area (Å²) in [6.07, 6.45) is 0.933. The lowest BCUT2D eigenvalue weighted by Crippen LogP contribution is -2.38. The number of nitrogens with zero attached hydrogens (tertiary/aromatic N) is 3. The molecule has 8 nitrogen and oxygen atoms in total. The molecule has 0 fully saturated rings. The van der Waals surface area contributed by atoms with Crippen molar-refractivity contribution in [1.29, 1.82) is 0 Å². The predicted octanol–water partition coefficient (Wildman–Crippen LogP) is 2.40. The number of sulfonamides is 1. The number of rotatable bonds is 9. The van der Waals surface area contributed by atoms with E-state index in [9.17, 15) is 8.42 Å². The van der Waals surface area contributed by atoms with E-state index < -0.39 is 10.0 Å². The second-order valence-corrected chi connectivity index (χ2v) is 9.01. The molecule has 1 heterocycles. The molecule has 0 saturated heterocycles. The lowest BCUT2D eigenvalue weighted by Gasteiger charge is -2.12. The number of benzene rings is 2. The molecule has 166 valence electrons. The second-order valence-electron chi connectivity index (χ2n) is 7.13. The Morgan fingerprint density at radius 1 is 1.10 bits per heavy atom. The van der Waals surface area contributed by atoms with Crippen molar-refractivity contribution in [2.75, 3.05) is 20.1 Å². The maximum Gasteiger partial charge on any atom is 0.240 e. The highest BCUT2D eigenvalue weighted by molar-refractivity contribution is 7.89. The lowest BCUT2D eigenvalue weighted by atomic mass is 10.2. The third-order valence-corrected chi connectivity index (χ3v) is 6.39. The molecule has 0 radical (unpaired) electrons. The number of hydrogen-bond donors (Lipinski definition) is 3. The molecule has 3 rings (SSSR count). The molecule has 0 aliphatic heterocycles. The summed E-state index contributed by atoms with van der Waals surface area (Å²) in [4.78, 5) is 9.46. The highest BCUT2D eigenvalue weighted by atomic mass is 32.2. The minimum absolute atomic E-state index is 0.245. The third-order valence-electron chi connectivity index (χ3n) is 4.96. The van der Waals surface area contributed by atoms with Gasteiger partial charge in [0.05, 0.1) is 22.5 Å². The van der Waals surface area contributed by atoms with Gasteiger partial charge < -0.3 is 15.2 Å². The van der Waals surface area contributed by atoms with E-state index in [0.717, 1.165) is 54.4 Å². The van der Waals surface area contributed by atoms with Crippen LogP contribution in [0.2, 0.25) is 0 Å². The molecular weight excluding hydrogens is 412 g/mol. The second kappa shape index (κ2) is 10.4. The molecule has 0 amide bonds. The fraction of sp³-hybridized carbons (Fsp3) is 0.364. The van der Waals surface area contributed by atoms with Crippen LogP contribution in [-0.2, 0) is 23.1 Å². The number of hydrogen-bond acceptors (Lipinski definition) is 4. The molecule has 9 heteroatoms. The Labute approximate surface area is 183 Å². The van der Waals surface area contributed by atoms with Gasteiger partial charge in [-0.25, -0.2) is 23.1 Å². The van der Waals surface area contributed by atoms with Gasteiger partial charge in [0.2, 0.25) is 10.0 Å². The predicted molar refractivity (Wildman–Crippen MR) is 125 cm³/mol. The summed E-state index contributed by atoms with van der Waals surface area (Å²) in [6.45, 7) is 6.93. The summed E-state index contributed by atoms with van der Waals surface area (Å²) in [6, 6.07) is 14.9. The average molecular weight is 443 g/mol. The zero-order chi connectivity index (χ0) is 22.3. The van der Waals surface area contributed by atoms with Crippen LogP contribution in [0.1, 0.15) is 24.7 Å². The topological polar surface area (TPSA) is 100 Å². The van der Waals surface area contributed by atoms with Crippen molar-refractivity contribution in [2.45, 2.75) is 38.3 Å². The molecule has 0 aliphatic carbocycles. The third kappa shape index (κ3) is 5.83. The van der Waals surface area contributed by atoms with Crippen molar-refractivity contribution in [1.82, 2.24) is 24.9 Å². The first-order chi connectivity index (χ1) is 14.9. The van der Waals surface area contributed by atoms with Crippen LogP contribution in [0.25, 0.3) is 11.0 Å². The van der Waals surface area contributed by atoms with Gasteiger partial charge in [0.1, 0.15) is 5.82 Å². The van der Waals surface area contributed by atoms with E-state index in [1.165, 1.54) is 7.05 Å². The van der Waals surface area contributed by atoms with Crippen LogP contribution in [0.15, 0.2) is 58.4 Å². The van der Waals surface area contributed by atoms with E-state index in [1.807, 2.05) is 32.0 Å². The summed E-state index contributed by atoms with van der Waals surface area (Å²) in [5.41, 5.74) is 3.12. The van der Waals surface area contributed by atoms with Gasteiger partial charge in [-0.2, -0.15) is 0 Å². The first kappa shape index (κ1) is 22.8. The van der Waals surface area contributed by atoms with Gasteiger partial charge in [0.15, 0.2) is 5.96 Å². The summed E-state index contributed by atoms with van der Waals surface area (Å²) < 4.78 is 28.2. The molecule has 0 atom stereocenters. The van der Waals surface area contributed by atoms with E-state index in [4.69, 9.17) is 0 Å². The van der Waals surface area contributed by atoms with Gasteiger partial charge in [-0.15, -0.1) is 0 Å². The zero-order valence-electron chi connectivity index (χ0n) is 18.2. The summed E-state index contributed by atoms with van der Waals surface area (Å²) >= 11 is 0. The highest BCUT2D eigenvalue weighted by Gasteiger charge is 2.10. The van der Waals surface area contributed by atoms with Crippen LogP contribution < -0.4 is 15.4 Å². The van der Waals surface area contributed by atoms with Gasteiger partial charge >= 0.3 is 0 Å². The minimum Gasteiger partial charge on any atom is -0.357 e. The van der Waals surface area contributed by atoms with Crippen LogP contribution in [0.5, 0.6) is 0 Å². The molecule has 0 spiro atoms. The standard InChI is InChI=1S/C22H30N6O2S/c1-4-24-22(26-16-18-10-12-19(13-11-18)31(29,30)23-3)25-14-7-15-28-17(2)27-20-8-5-6-9-21(20)28/h5-6,8-13,23H,4,7,14-16H2,1-3H3,(H2,24,25,26). The first-order valence-corrected chi connectivity index (χ1v) is 11.9. The number of nitrogens with one attached hydrogen (secondary N) is 3. The Bertz CT molecular complexity index is 1140. The summed E-state index contributed by atoms with van der Waals surface area (Å²) in [7, 11) is -2.02. The SMILES string of the molecule is CCNC(=NCc1ccc(S(=O)(=O)NC)cc1)NCCCn1c(C)nc2ccccc21. The lowest BCUT2D eigenvalue weighted by molar-refractivity contribution is 0.588. The Kier molecular flexibility index (Phi) is 7.64. The fourth-order valence-corrected chi connectivity index (χ4v) is 4.06. The molecule has 0 saturated carbocycles. The molecule has 3 N–H and O–H groups in total. The van der Waals surface area contributed by atoms with Crippen LogP contribution >= 0.6 is 0 Å². The van der Waals surface area contributed by atoms with E-state index >= 15 is 0 Å². The quantitative estimate of drug-likeness (QED) is 0.268. The van der Waals surface area contributed by atoms with Gasteiger partial charge in [0, 0.05) is 19.6 Å². The maximum absolute atomic E-state index is 11.8. The molecular formula is C22H30N6O2S. The molecule has 31 heavy (non-hydrogen) atoms. The van der Waals surface area contributed by atoms with Crippen molar-refractivity contribution in [3.8, 4) is 0 Å². The van der Waals surface area contributed by atoms with Crippen LogP contribution in [0, 0.1) is 6.92 Å². The highest BCUT2D eigenvalue weighted by Crippen LogP contribution is 2.15. The number of imidazole rings is 1. The molecule has 2 aromatic carbocycles. The van der Waals surface area contributed by atoms with E-state index in [1.54, 1.807) is 24.3 Å². The fourth-order valence-electron chi connectivity index (χ4n) is 3.33. The normalized spacial score (nSPS) is 12.3. The van der Waals surface area contributed by atoms with Crippen molar-refractivity contribution in [3.05, 3.63) is 59.9 Å². The molecule has 0 unspecified atom stereocenters. The van der Waals surface area contributed by atoms with Crippen LogP contribution in [0.3, 0.4) is 0 Å². The summed E-state index contributed by atoms with van der Waals surface area (Å²) in [5, 5.41) is 6.61. The van der Waals surface area contributed by atoms with Gasteiger partial charge in [-0.05, 0) is 57.1 Å². The molecule has 0 bridgehead atoms.